The van der Waals surface area contributed by atoms with Crippen LogP contribution in [0.4, 0.5) is 4.79 Å². The van der Waals surface area contributed by atoms with E-state index >= 15 is 0 Å². The summed E-state index contributed by atoms with van der Waals surface area (Å²) in [5.74, 6) is 0.437. The van der Waals surface area contributed by atoms with Crippen LogP contribution in [0.25, 0.3) is 0 Å². The molecule has 0 radical (unpaired) electrons. The van der Waals surface area contributed by atoms with Crippen molar-refractivity contribution in [3.8, 4) is 0 Å². The third-order valence-electron chi connectivity index (χ3n) is 3.25. The molecule has 1 N–H and O–H groups in total. The molecule has 1 saturated heterocycles. The average Bonchev–Trinajstić information content (AvgIpc) is 2.24. The predicted molar refractivity (Wildman–Crippen MR) is 69.0 cm³/mol. The highest BCUT2D eigenvalue weighted by Crippen LogP contribution is 2.20. The molecule has 0 saturated carbocycles. The minimum Gasteiger partial charge on any atom is -0.444 e. The first-order chi connectivity index (χ1) is 7.72. The molecule has 0 aromatic carbocycles. The smallest absolute Gasteiger partial charge is 0.410 e. The Balaban J connectivity index is 2.79. The molecule has 1 aliphatic rings. The quantitative estimate of drug-likeness (QED) is 0.708. The number of hydrogen-bond acceptors (Lipinski definition) is 3. The van der Waals surface area contributed by atoms with Gasteiger partial charge in [-0.2, -0.15) is 0 Å². The molecule has 0 aromatic rings. The van der Waals surface area contributed by atoms with E-state index in [2.05, 4.69) is 26.1 Å². The standard InChI is InChI=1S/C13H26N2O2/c1-9-7-14-8-10(2)15(11(9)3)12(16)17-13(4,5)6/h9-11,14H,7-8H2,1-6H3/t9?,10?,11-/m1/s1. The topological polar surface area (TPSA) is 41.6 Å². The van der Waals surface area contributed by atoms with E-state index < -0.39 is 5.60 Å². The van der Waals surface area contributed by atoms with Crippen LogP contribution in [0.1, 0.15) is 41.5 Å². The molecule has 4 nitrogen and oxygen atoms in total. The molecule has 1 heterocycles. The number of carbonyl (C=O) groups is 1. The molecular weight excluding hydrogens is 216 g/mol. The Hall–Kier alpha value is -0.770. The van der Waals surface area contributed by atoms with Crippen LogP contribution in [0, 0.1) is 5.92 Å². The maximum atomic E-state index is 12.2. The Kier molecular flexibility index (Phi) is 4.42. The second kappa shape index (κ2) is 5.25. The Bertz CT molecular complexity index is 273. The van der Waals surface area contributed by atoms with Crippen molar-refractivity contribution in [3.63, 3.8) is 0 Å². The van der Waals surface area contributed by atoms with Gasteiger partial charge in [0.25, 0.3) is 0 Å². The third-order valence-corrected chi connectivity index (χ3v) is 3.25. The highest BCUT2D eigenvalue weighted by Gasteiger charge is 2.34. The Morgan fingerprint density at radius 3 is 2.35 bits per heavy atom. The van der Waals surface area contributed by atoms with Gasteiger partial charge in [0.1, 0.15) is 5.60 Å². The van der Waals surface area contributed by atoms with Crippen molar-refractivity contribution < 1.29 is 9.53 Å². The van der Waals surface area contributed by atoms with Crippen LogP contribution >= 0.6 is 0 Å². The molecule has 3 atom stereocenters. The van der Waals surface area contributed by atoms with E-state index in [4.69, 9.17) is 4.74 Å². The molecule has 0 spiro atoms. The molecule has 0 aliphatic carbocycles. The number of amides is 1. The highest BCUT2D eigenvalue weighted by atomic mass is 16.6. The van der Waals surface area contributed by atoms with Crippen LogP contribution in [-0.2, 0) is 4.74 Å². The zero-order chi connectivity index (χ0) is 13.2. The predicted octanol–water partition coefficient (Wildman–Crippen LogP) is 2.24. The normalized spacial score (nSPS) is 30.9. The van der Waals surface area contributed by atoms with Crippen molar-refractivity contribution in [2.45, 2.75) is 59.2 Å². The van der Waals surface area contributed by atoms with E-state index in [0.717, 1.165) is 13.1 Å². The van der Waals surface area contributed by atoms with Gasteiger partial charge in [0.15, 0.2) is 0 Å². The van der Waals surface area contributed by atoms with Gasteiger partial charge < -0.3 is 15.0 Å². The Labute approximate surface area is 105 Å². The maximum Gasteiger partial charge on any atom is 0.410 e. The zero-order valence-corrected chi connectivity index (χ0v) is 11.9. The molecule has 100 valence electrons. The first-order valence-corrected chi connectivity index (χ1v) is 6.44. The van der Waals surface area contributed by atoms with E-state index in [1.54, 1.807) is 0 Å². The number of hydrogen-bond donors (Lipinski definition) is 1. The van der Waals surface area contributed by atoms with Crippen LogP contribution in [0.15, 0.2) is 0 Å². The van der Waals surface area contributed by atoms with Gasteiger partial charge in [0, 0.05) is 18.6 Å². The Morgan fingerprint density at radius 1 is 1.24 bits per heavy atom. The lowest BCUT2D eigenvalue weighted by Crippen LogP contribution is -2.49. The molecule has 1 amide bonds. The first-order valence-electron chi connectivity index (χ1n) is 6.44. The summed E-state index contributed by atoms with van der Waals surface area (Å²) >= 11 is 0. The van der Waals surface area contributed by atoms with E-state index in [-0.39, 0.29) is 18.2 Å². The van der Waals surface area contributed by atoms with Gasteiger partial charge in [-0.15, -0.1) is 0 Å². The third kappa shape index (κ3) is 3.87. The van der Waals surface area contributed by atoms with Crippen LogP contribution in [0.2, 0.25) is 0 Å². The summed E-state index contributed by atoms with van der Waals surface area (Å²) < 4.78 is 5.48. The fourth-order valence-corrected chi connectivity index (χ4v) is 2.13. The molecule has 17 heavy (non-hydrogen) atoms. The van der Waals surface area contributed by atoms with Crippen molar-refractivity contribution >= 4 is 6.09 Å². The lowest BCUT2D eigenvalue weighted by Gasteiger charge is -2.35. The number of rotatable bonds is 0. The molecule has 1 fully saturated rings. The van der Waals surface area contributed by atoms with Gasteiger partial charge in [0.05, 0.1) is 0 Å². The van der Waals surface area contributed by atoms with Gasteiger partial charge in [-0.3, -0.25) is 0 Å². The monoisotopic (exact) mass is 242 g/mol. The molecular formula is C13H26N2O2. The summed E-state index contributed by atoms with van der Waals surface area (Å²) in [4.78, 5) is 14.1. The lowest BCUT2D eigenvalue weighted by atomic mass is 10.0. The van der Waals surface area contributed by atoms with Crippen molar-refractivity contribution in [1.82, 2.24) is 10.2 Å². The van der Waals surface area contributed by atoms with Crippen molar-refractivity contribution in [2.24, 2.45) is 5.92 Å². The number of carbonyl (C=O) groups excluding carboxylic acids is 1. The number of ether oxygens (including phenoxy) is 1. The summed E-state index contributed by atoms with van der Waals surface area (Å²) in [6.45, 7) is 13.8. The van der Waals surface area contributed by atoms with E-state index in [9.17, 15) is 4.79 Å². The Morgan fingerprint density at radius 2 is 1.82 bits per heavy atom. The maximum absolute atomic E-state index is 12.2. The summed E-state index contributed by atoms with van der Waals surface area (Å²) in [6, 6.07) is 0.375. The van der Waals surface area contributed by atoms with Crippen LogP contribution in [0.3, 0.4) is 0 Å². The SMILES string of the molecule is CC1CNCC(C)N(C(=O)OC(C)(C)C)[C@@H]1C. The van der Waals surface area contributed by atoms with Crippen molar-refractivity contribution in [3.05, 3.63) is 0 Å². The summed E-state index contributed by atoms with van der Waals surface area (Å²) in [6.07, 6.45) is -0.201. The lowest BCUT2D eigenvalue weighted by molar-refractivity contribution is 0.00658. The van der Waals surface area contributed by atoms with E-state index in [1.807, 2.05) is 25.7 Å². The van der Waals surface area contributed by atoms with Crippen LogP contribution in [0.5, 0.6) is 0 Å². The molecule has 0 aromatic heterocycles. The number of nitrogens with zero attached hydrogens (tertiary/aromatic N) is 1. The average molecular weight is 242 g/mol. The molecule has 1 aliphatic heterocycles. The summed E-state index contributed by atoms with van der Waals surface area (Å²) in [7, 11) is 0. The van der Waals surface area contributed by atoms with E-state index in [0.29, 0.717) is 5.92 Å². The minimum absolute atomic E-state index is 0.171. The molecule has 2 unspecified atom stereocenters. The minimum atomic E-state index is -0.431. The van der Waals surface area contributed by atoms with Crippen LogP contribution < -0.4 is 5.32 Å². The van der Waals surface area contributed by atoms with Crippen LogP contribution in [-0.4, -0.2) is 41.8 Å². The van der Waals surface area contributed by atoms with Gasteiger partial charge in [-0.25, -0.2) is 4.79 Å². The van der Waals surface area contributed by atoms with Crippen molar-refractivity contribution in [2.75, 3.05) is 13.1 Å². The van der Waals surface area contributed by atoms with E-state index in [1.165, 1.54) is 0 Å². The zero-order valence-electron chi connectivity index (χ0n) is 11.9. The van der Waals surface area contributed by atoms with Gasteiger partial charge in [-0.05, 0) is 47.1 Å². The largest absolute Gasteiger partial charge is 0.444 e. The van der Waals surface area contributed by atoms with Crippen molar-refractivity contribution in [1.29, 1.82) is 0 Å². The summed E-state index contributed by atoms with van der Waals surface area (Å²) in [5.41, 5.74) is -0.431. The highest BCUT2D eigenvalue weighted by molar-refractivity contribution is 5.69. The molecule has 4 heteroatoms. The molecule has 1 rings (SSSR count). The first kappa shape index (κ1) is 14.3. The van der Waals surface area contributed by atoms with Gasteiger partial charge in [-0.1, -0.05) is 6.92 Å². The molecule has 0 bridgehead atoms. The fraction of sp³-hybridized carbons (Fsp3) is 0.923. The fourth-order valence-electron chi connectivity index (χ4n) is 2.13. The van der Waals surface area contributed by atoms with Gasteiger partial charge >= 0.3 is 6.09 Å². The van der Waals surface area contributed by atoms with Gasteiger partial charge in [0.2, 0.25) is 0 Å². The summed E-state index contributed by atoms with van der Waals surface area (Å²) in [5, 5.41) is 3.38. The second-order valence-corrected chi connectivity index (χ2v) is 6.11. The second-order valence-electron chi connectivity index (χ2n) is 6.11. The number of nitrogens with one attached hydrogen (secondary N) is 1.